The minimum absolute atomic E-state index is 0.185. The Morgan fingerprint density at radius 3 is 2.56 bits per heavy atom. The first kappa shape index (κ1) is 11.3. The largest absolute Gasteiger partial charge is 0.344 e. The molecular formula is C13H16O3. The third-order valence-electron chi connectivity index (χ3n) is 2.64. The summed E-state index contributed by atoms with van der Waals surface area (Å²) in [5.41, 5.74) is 1.15. The Morgan fingerprint density at radius 1 is 1.25 bits per heavy atom. The Balaban J connectivity index is 2.07. The summed E-state index contributed by atoms with van der Waals surface area (Å²) in [4.78, 5) is 10.9. The molecule has 1 heterocycles. The zero-order valence-corrected chi connectivity index (χ0v) is 9.55. The molecule has 2 unspecified atom stereocenters. The molecule has 0 aromatic heterocycles. The summed E-state index contributed by atoms with van der Waals surface area (Å²) in [5, 5.41) is 0. The maximum atomic E-state index is 10.9. The molecule has 1 saturated heterocycles. The smallest absolute Gasteiger partial charge is 0.164 e. The summed E-state index contributed by atoms with van der Waals surface area (Å²) in [6.45, 7) is 3.66. The lowest BCUT2D eigenvalue weighted by Crippen LogP contribution is -2.26. The molecule has 3 heteroatoms. The standard InChI is InChI=1S/C13H16O3/c1-13(2)15-11(12(9-14)16-13)8-10-6-4-3-5-7-10/h3-7,9,11-12H,8H2,1-2H3. The highest BCUT2D eigenvalue weighted by atomic mass is 16.8. The lowest BCUT2D eigenvalue weighted by molar-refractivity contribution is -0.150. The predicted octanol–water partition coefficient (Wildman–Crippen LogP) is 1.95. The lowest BCUT2D eigenvalue weighted by Gasteiger charge is -2.16. The Labute approximate surface area is 95.4 Å². The van der Waals surface area contributed by atoms with Crippen LogP contribution in [0.15, 0.2) is 30.3 Å². The molecule has 0 amide bonds. The third kappa shape index (κ3) is 2.49. The summed E-state index contributed by atoms with van der Waals surface area (Å²) < 4.78 is 11.2. The number of ether oxygens (including phenoxy) is 2. The molecule has 1 aliphatic rings. The first-order valence-electron chi connectivity index (χ1n) is 5.45. The summed E-state index contributed by atoms with van der Waals surface area (Å²) in [7, 11) is 0. The monoisotopic (exact) mass is 220 g/mol. The summed E-state index contributed by atoms with van der Waals surface area (Å²) in [6, 6.07) is 9.97. The van der Waals surface area contributed by atoms with Crippen LogP contribution in [0.4, 0.5) is 0 Å². The average Bonchev–Trinajstić information content (AvgIpc) is 2.54. The highest BCUT2D eigenvalue weighted by Gasteiger charge is 2.40. The Bertz CT molecular complexity index is 359. The van der Waals surface area contributed by atoms with E-state index in [2.05, 4.69) is 0 Å². The molecule has 1 aromatic carbocycles. The molecule has 0 radical (unpaired) electrons. The molecule has 0 saturated carbocycles. The van der Waals surface area contributed by atoms with Gasteiger partial charge in [-0.25, -0.2) is 0 Å². The number of hydrogen-bond donors (Lipinski definition) is 0. The second-order valence-electron chi connectivity index (χ2n) is 4.46. The van der Waals surface area contributed by atoms with Crippen molar-refractivity contribution >= 4 is 6.29 Å². The van der Waals surface area contributed by atoms with Crippen LogP contribution in [0.1, 0.15) is 19.4 Å². The predicted molar refractivity (Wildman–Crippen MR) is 60.0 cm³/mol. The van der Waals surface area contributed by atoms with Crippen molar-refractivity contribution in [3.8, 4) is 0 Å². The third-order valence-corrected chi connectivity index (χ3v) is 2.64. The van der Waals surface area contributed by atoms with Crippen molar-refractivity contribution in [1.82, 2.24) is 0 Å². The van der Waals surface area contributed by atoms with Crippen molar-refractivity contribution in [3.05, 3.63) is 35.9 Å². The van der Waals surface area contributed by atoms with Gasteiger partial charge in [-0.05, 0) is 19.4 Å². The minimum Gasteiger partial charge on any atom is -0.344 e. The van der Waals surface area contributed by atoms with Gasteiger partial charge in [0.15, 0.2) is 12.1 Å². The summed E-state index contributed by atoms with van der Waals surface area (Å²) >= 11 is 0. The van der Waals surface area contributed by atoms with E-state index in [9.17, 15) is 4.79 Å². The topological polar surface area (TPSA) is 35.5 Å². The first-order valence-corrected chi connectivity index (χ1v) is 5.45. The van der Waals surface area contributed by atoms with Crippen molar-refractivity contribution in [2.45, 2.75) is 38.3 Å². The fourth-order valence-electron chi connectivity index (χ4n) is 1.98. The van der Waals surface area contributed by atoms with Gasteiger partial charge in [0.05, 0.1) is 6.10 Å². The van der Waals surface area contributed by atoms with E-state index in [1.54, 1.807) is 0 Å². The number of benzene rings is 1. The highest BCUT2D eigenvalue weighted by Crippen LogP contribution is 2.29. The second-order valence-corrected chi connectivity index (χ2v) is 4.46. The van der Waals surface area contributed by atoms with Gasteiger partial charge in [0.2, 0.25) is 0 Å². The van der Waals surface area contributed by atoms with Gasteiger partial charge in [-0.2, -0.15) is 0 Å². The molecule has 86 valence electrons. The van der Waals surface area contributed by atoms with Crippen LogP contribution in [0.3, 0.4) is 0 Å². The van der Waals surface area contributed by atoms with Crippen LogP contribution in [-0.4, -0.2) is 24.3 Å². The zero-order valence-electron chi connectivity index (χ0n) is 9.55. The Kier molecular flexibility index (Phi) is 3.08. The number of rotatable bonds is 3. The van der Waals surface area contributed by atoms with Crippen LogP contribution in [0, 0.1) is 0 Å². The van der Waals surface area contributed by atoms with E-state index in [1.807, 2.05) is 44.2 Å². The van der Waals surface area contributed by atoms with Crippen molar-refractivity contribution in [3.63, 3.8) is 0 Å². The maximum Gasteiger partial charge on any atom is 0.164 e. The van der Waals surface area contributed by atoms with Crippen molar-refractivity contribution in [2.24, 2.45) is 0 Å². The van der Waals surface area contributed by atoms with Crippen molar-refractivity contribution in [1.29, 1.82) is 0 Å². The van der Waals surface area contributed by atoms with Crippen molar-refractivity contribution in [2.75, 3.05) is 0 Å². The molecule has 0 spiro atoms. The van der Waals surface area contributed by atoms with Crippen LogP contribution in [0.2, 0.25) is 0 Å². The van der Waals surface area contributed by atoms with E-state index in [0.717, 1.165) is 11.8 Å². The lowest BCUT2D eigenvalue weighted by atomic mass is 10.0. The molecule has 0 aliphatic carbocycles. The highest BCUT2D eigenvalue weighted by molar-refractivity contribution is 5.57. The van der Waals surface area contributed by atoms with E-state index in [4.69, 9.17) is 9.47 Å². The van der Waals surface area contributed by atoms with E-state index < -0.39 is 11.9 Å². The normalized spacial score (nSPS) is 27.9. The number of aldehydes is 1. The van der Waals surface area contributed by atoms with Gasteiger partial charge in [-0.3, -0.25) is 0 Å². The molecule has 1 fully saturated rings. The number of hydrogen-bond acceptors (Lipinski definition) is 3. The van der Waals surface area contributed by atoms with Gasteiger partial charge < -0.3 is 14.3 Å². The molecular weight excluding hydrogens is 204 g/mol. The first-order chi connectivity index (χ1) is 7.61. The fourth-order valence-corrected chi connectivity index (χ4v) is 1.98. The van der Waals surface area contributed by atoms with Crippen LogP contribution < -0.4 is 0 Å². The Hall–Kier alpha value is -1.19. The summed E-state index contributed by atoms with van der Waals surface area (Å²) in [5.74, 6) is -0.662. The van der Waals surface area contributed by atoms with E-state index in [1.165, 1.54) is 0 Å². The van der Waals surface area contributed by atoms with Gasteiger partial charge >= 0.3 is 0 Å². The fraction of sp³-hybridized carbons (Fsp3) is 0.462. The molecule has 1 aromatic rings. The van der Waals surface area contributed by atoms with Crippen LogP contribution >= 0.6 is 0 Å². The van der Waals surface area contributed by atoms with Gasteiger partial charge in [0.1, 0.15) is 6.10 Å². The van der Waals surface area contributed by atoms with Crippen LogP contribution in [0.25, 0.3) is 0 Å². The number of carbonyl (C=O) groups is 1. The molecule has 0 N–H and O–H groups in total. The van der Waals surface area contributed by atoms with Crippen LogP contribution in [-0.2, 0) is 20.7 Å². The zero-order chi connectivity index (χ0) is 11.6. The Morgan fingerprint density at radius 2 is 1.94 bits per heavy atom. The quantitative estimate of drug-likeness (QED) is 0.730. The van der Waals surface area contributed by atoms with E-state index in [0.29, 0.717) is 6.42 Å². The number of carbonyl (C=O) groups excluding carboxylic acids is 1. The molecule has 16 heavy (non-hydrogen) atoms. The SMILES string of the molecule is CC1(C)OC(C=O)C(Cc2ccccc2)O1. The average molecular weight is 220 g/mol. The summed E-state index contributed by atoms with van der Waals surface area (Å²) in [6.07, 6.45) is 0.876. The van der Waals surface area contributed by atoms with E-state index in [-0.39, 0.29) is 6.10 Å². The molecule has 2 rings (SSSR count). The van der Waals surface area contributed by atoms with Gasteiger partial charge in [-0.1, -0.05) is 30.3 Å². The minimum atomic E-state index is -0.662. The molecule has 0 bridgehead atoms. The van der Waals surface area contributed by atoms with E-state index >= 15 is 0 Å². The van der Waals surface area contributed by atoms with Gasteiger partial charge in [-0.15, -0.1) is 0 Å². The van der Waals surface area contributed by atoms with Gasteiger partial charge in [0.25, 0.3) is 0 Å². The molecule has 1 aliphatic heterocycles. The second kappa shape index (κ2) is 4.36. The maximum absolute atomic E-state index is 10.9. The van der Waals surface area contributed by atoms with Gasteiger partial charge in [0, 0.05) is 6.42 Å². The molecule has 2 atom stereocenters. The molecule has 3 nitrogen and oxygen atoms in total. The van der Waals surface area contributed by atoms with Crippen LogP contribution in [0.5, 0.6) is 0 Å². The van der Waals surface area contributed by atoms with Crippen molar-refractivity contribution < 1.29 is 14.3 Å².